The first-order chi connectivity index (χ1) is 15.3. The normalized spacial score (nSPS) is 14.7. The van der Waals surface area contributed by atoms with Crippen LogP contribution in [-0.2, 0) is 21.4 Å². The zero-order chi connectivity index (χ0) is 23.0. The Balaban J connectivity index is 1.63. The number of rotatable bonds is 10. The largest absolute Gasteiger partial charge is 0.490 e. The predicted molar refractivity (Wildman–Crippen MR) is 121 cm³/mol. The maximum Gasteiger partial charge on any atom is 0.488 e. The van der Waals surface area contributed by atoms with E-state index in [4.69, 9.17) is 9.47 Å². The van der Waals surface area contributed by atoms with E-state index in [1.54, 1.807) is 0 Å². The average molecular weight is 461 g/mol. The molecule has 1 amide bonds. The van der Waals surface area contributed by atoms with Crippen LogP contribution >= 0.6 is 0 Å². The number of amides is 1. The summed E-state index contributed by atoms with van der Waals surface area (Å²) in [5.41, 5.74) is 1.10. The summed E-state index contributed by atoms with van der Waals surface area (Å²) in [7, 11) is -5.67. The van der Waals surface area contributed by atoms with Gasteiger partial charge in [0.15, 0.2) is 0 Å². The SMILES string of the molecule is O=C(NS(=O)(=O)CCOCc1ccccc1)c1ccc(B(O)O)cc1OC1CCCCC1. The van der Waals surface area contributed by atoms with Crippen molar-refractivity contribution in [2.45, 2.75) is 44.8 Å². The monoisotopic (exact) mass is 461 g/mol. The van der Waals surface area contributed by atoms with Crippen LogP contribution in [0.2, 0.25) is 0 Å². The van der Waals surface area contributed by atoms with E-state index in [9.17, 15) is 23.3 Å². The van der Waals surface area contributed by atoms with Crippen molar-refractivity contribution in [1.82, 2.24) is 4.72 Å². The van der Waals surface area contributed by atoms with E-state index in [0.29, 0.717) is 0 Å². The molecule has 0 heterocycles. The molecule has 0 aromatic heterocycles. The van der Waals surface area contributed by atoms with Gasteiger partial charge in [-0.1, -0.05) is 42.8 Å². The minimum absolute atomic E-state index is 0.0220. The quantitative estimate of drug-likeness (QED) is 0.361. The molecule has 8 nitrogen and oxygen atoms in total. The van der Waals surface area contributed by atoms with Crippen molar-refractivity contribution in [2.24, 2.45) is 0 Å². The molecule has 0 atom stereocenters. The first kappa shape index (κ1) is 24.3. The van der Waals surface area contributed by atoms with Gasteiger partial charge in [0.25, 0.3) is 5.91 Å². The highest BCUT2D eigenvalue weighted by Crippen LogP contribution is 2.25. The minimum atomic E-state index is -3.94. The molecule has 2 aromatic carbocycles. The number of carbonyl (C=O) groups is 1. The highest BCUT2D eigenvalue weighted by Gasteiger charge is 2.24. The predicted octanol–water partition coefficient (Wildman–Crippen LogP) is 1.35. The number of carbonyl (C=O) groups excluding carboxylic acids is 1. The van der Waals surface area contributed by atoms with Crippen molar-refractivity contribution in [3.63, 3.8) is 0 Å². The molecule has 1 aliphatic rings. The number of sulfonamides is 1. The second-order valence-corrected chi connectivity index (χ2v) is 9.64. The van der Waals surface area contributed by atoms with Crippen LogP contribution in [-0.4, -0.2) is 50.0 Å². The first-order valence-electron chi connectivity index (χ1n) is 10.7. The third kappa shape index (κ3) is 7.34. The van der Waals surface area contributed by atoms with E-state index in [0.717, 1.165) is 37.7 Å². The van der Waals surface area contributed by atoms with Gasteiger partial charge < -0.3 is 19.5 Å². The van der Waals surface area contributed by atoms with E-state index in [1.807, 2.05) is 35.1 Å². The highest BCUT2D eigenvalue weighted by atomic mass is 32.2. The van der Waals surface area contributed by atoms with Crippen molar-refractivity contribution in [3.8, 4) is 5.75 Å². The standard InChI is InChI=1S/C22H28BNO7S/c25-22(24-32(28,29)14-13-30-16-17-7-3-1-4-8-17)20-12-11-18(23(26)27)15-21(20)31-19-9-5-2-6-10-19/h1,3-4,7-8,11-12,15,19,26-27H,2,5-6,9-10,13-14,16H2,(H,24,25). The Labute approximate surface area is 188 Å². The van der Waals surface area contributed by atoms with Crippen LogP contribution in [0.15, 0.2) is 48.5 Å². The van der Waals surface area contributed by atoms with Gasteiger partial charge >= 0.3 is 7.12 Å². The molecule has 10 heteroatoms. The lowest BCUT2D eigenvalue weighted by Crippen LogP contribution is -2.35. The Kier molecular flexibility index (Phi) is 8.69. The van der Waals surface area contributed by atoms with Crippen LogP contribution in [0.1, 0.15) is 48.0 Å². The van der Waals surface area contributed by atoms with Crippen LogP contribution in [0.4, 0.5) is 0 Å². The molecule has 3 N–H and O–H groups in total. The van der Waals surface area contributed by atoms with Crippen LogP contribution in [0.25, 0.3) is 0 Å². The molecule has 1 saturated carbocycles. The molecule has 32 heavy (non-hydrogen) atoms. The first-order valence-corrected chi connectivity index (χ1v) is 12.3. The van der Waals surface area contributed by atoms with Crippen molar-refractivity contribution in [3.05, 3.63) is 59.7 Å². The lowest BCUT2D eigenvalue weighted by Gasteiger charge is -2.24. The summed E-state index contributed by atoms with van der Waals surface area (Å²) in [6, 6.07) is 13.4. The number of hydrogen-bond acceptors (Lipinski definition) is 7. The molecule has 172 valence electrons. The van der Waals surface area contributed by atoms with Crippen LogP contribution in [0.3, 0.4) is 0 Å². The van der Waals surface area contributed by atoms with Gasteiger partial charge in [-0.2, -0.15) is 0 Å². The molecule has 1 fully saturated rings. The zero-order valence-electron chi connectivity index (χ0n) is 17.8. The number of hydrogen-bond donors (Lipinski definition) is 3. The third-order valence-electron chi connectivity index (χ3n) is 5.25. The topological polar surface area (TPSA) is 122 Å². The Hall–Kier alpha value is -2.40. The smallest absolute Gasteiger partial charge is 0.488 e. The van der Waals surface area contributed by atoms with Gasteiger partial charge in [-0.25, -0.2) is 13.1 Å². The molecule has 0 saturated heterocycles. The molecule has 0 unspecified atom stereocenters. The van der Waals surface area contributed by atoms with E-state index in [-0.39, 0.29) is 41.8 Å². The van der Waals surface area contributed by atoms with Gasteiger partial charge in [0.1, 0.15) is 5.75 Å². The number of benzene rings is 2. The van der Waals surface area contributed by atoms with Crippen molar-refractivity contribution in [2.75, 3.05) is 12.4 Å². The summed E-state index contributed by atoms with van der Waals surface area (Å²) in [6.45, 7) is 0.202. The second-order valence-electron chi connectivity index (χ2n) is 7.80. The summed E-state index contributed by atoms with van der Waals surface area (Å²) < 4.78 is 38.1. The average Bonchev–Trinajstić information content (AvgIpc) is 2.78. The number of ether oxygens (including phenoxy) is 2. The number of nitrogens with one attached hydrogen (secondary N) is 1. The lowest BCUT2D eigenvalue weighted by atomic mass is 9.80. The Morgan fingerprint density at radius 1 is 1.06 bits per heavy atom. The zero-order valence-corrected chi connectivity index (χ0v) is 18.6. The van der Waals surface area contributed by atoms with Gasteiger partial charge in [0.2, 0.25) is 10.0 Å². The van der Waals surface area contributed by atoms with Crippen LogP contribution < -0.4 is 14.9 Å². The third-order valence-corrected chi connectivity index (χ3v) is 6.45. The van der Waals surface area contributed by atoms with Crippen molar-refractivity contribution < 1.29 is 32.7 Å². The van der Waals surface area contributed by atoms with E-state index in [2.05, 4.69) is 0 Å². The Morgan fingerprint density at radius 2 is 1.78 bits per heavy atom. The van der Waals surface area contributed by atoms with Gasteiger partial charge in [-0.05, 0) is 48.8 Å². The molecule has 0 radical (unpaired) electrons. The van der Waals surface area contributed by atoms with Crippen molar-refractivity contribution in [1.29, 1.82) is 0 Å². The van der Waals surface area contributed by atoms with E-state index in [1.165, 1.54) is 18.2 Å². The fourth-order valence-corrected chi connectivity index (χ4v) is 4.36. The molecule has 2 aromatic rings. The highest BCUT2D eigenvalue weighted by molar-refractivity contribution is 7.90. The summed E-state index contributed by atoms with van der Waals surface area (Å²) in [5.74, 6) is -1.08. The van der Waals surface area contributed by atoms with Gasteiger partial charge in [-0.15, -0.1) is 0 Å². The Morgan fingerprint density at radius 3 is 2.47 bits per heavy atom. The lowest BCUT2D eigenvalue weighted by molar-refractivity contribution is 0.0968. The molecule has 0 spiro atoms. The van der Waals surface area contributed by atoms with Gasteiger partial charge in [0.05, 0.1) is 30.6 Å². The molecule has 0 bridgehead atoms. The minimum Gasteiger partial charge on any atom is -0.490 e. The molecular formula is C22H28BNO7S. The summed E-state index contributed by atoms with van der Waals surface area (Å²) in [5, 5.41) is 18.9. The fraction of sp³-hybridized carbons (Fsp3) is 0.409. The van der Waals surface area contributed by atoms with Crippen LogP contribution in [0.5, 0.6) is 5.75 Å². The van der Waals surface area contributed by atoms with Crippen LogP contribution in [0, 0.1) is 0 Å². The summed E-state index contributed by atoms with van der Waals surface area (Å²) >= 11 is 0. The maximum atomic E-state index is 12.7. The van der Waals surface area contributed by atoms with Gasteiger partial charge in [0, 0.05) is 0 Å². The molecular weight excluding hydrogens is 433 g/mol. The summed E-state index contributed by atoms with van der Waals surface area (Å²) in [6.07, 6.45) is 4.67. The summed E-state index contributed by atoms with van der Waals surface area (Å²) in [4.78, 5) is 12.7. The fourth-order valence-electron chi connectivity index (χ4n) is 3.53. The van der Waals surface area contributed by atoms with E-state index < -0.39 is 23.0 Å². The molecule has 0 aliphatic heterocycles. The second kappa shape index (κ2) is 11.5. The van der Waals surface area contributed by atoms with Crippen molar-refractivity contribution >= 4 is 28.5 Å². The van der Waals surface area contributed by atoms with Gasteiger partial charge in [-0.3, -0.25) is 4.79 Å². The Bertz CT molecular complexity index is 993. The molecule has 1 aliphatic carbocycles. The van der Waals surface area contributed by atoms with E-state index >= 15 is 0 Å². The maximum absolute atomic E-state index is 12.7. The molecule has 3 rings (SSSR count).